The lowest BCUT2D eigenvalue weighted by atomic mass is 9.90. The van der Waals surface area contributed by atoms with Crippen molar-refractivity contribution in [1.29, 1.82) is 0 Å². The van der Waals surface area contributed by atoms with Gasteiger partial charge >= 0.3 is 0 Å². The maximum absolute atomic E-state index is 13.2. The summed E-state index contributed by atoms with van der Waals surface area (Å²) in [5.74, 6) is 0.242. The largest absolute Gasteiger partial charge is 0.334 e. The summed E-state index contributed by atoms with van der Waals surface area (Å²) in [5, 5.41) is 4.78. The van der Waals surface area contributed by atoms with Crippen molar-refractivity contribution in [3.8, 4) is 0 Å². The first-order valence-corrected chi connectivity index (χ1v) is 9.72. The average Bonchev–Trinajstić information content (AvgIpc) is 2.64. The molecule has 6 heteroatoms. The Labute approximate surface area is 177 Å². The molecule has 1 amide bonds. The molecule has 0 radical (unpaired) electrons. The van der Waals surface area contributed by atoms with Crippen molar-refractivity contribution in [3.05, 3.63) is 69.7 Å². The van der Waals surface area contributed by atoms with Gasteiger partial charge in [0.2, 0.25) is 5.91 Å². The van der Waals surface area contributed by atoms with Crippen LogP contribution in [0.25, 0.3) is 0 Å². The van der Waals surface area contributed by atoms with Crippen LogP contribution in [0.1, 0.15) is 36.9 Å². The van der Waals surface area contributed by atoms with E-state index in [0.717, 1.165) is 30.5 Å². The standard InChI is InChI=1S/C21H24Cl2N2O.ClH/c1-14-13-17(11-12-24-14)21(26)25(2)20(15-3-7-18(22)8-4-15)16-5-9-19(23)10-6-16;/h3-10,14,17,20,24H,11-13H2,1-2H3;1H/t14-,17-;/m0./s1. The summed E-state index contributed by atoms with van der Waals surface area (Å²) in [7, 11) is 1.89. The second kappa shape index (κ2) is 9.79. The first-order chi connectivity index (χ1) is 12.5. The van der Waals surface area contributed by atoms with Gasteiger partial charge in [0.05, 0.1) is 6.04 Å². The number of nitrogens with zero attached hydrogens (tertiary/aromatic N) is 1. The molecule has 1 fully saturated rings. The lowest BCUT2D eigenvalue weighted by Crippen LogP contribution is -2.44. The van der Waals surface area contributed by atoms with Crippen LogP contribution in [0.5, 0.6) is 0 Å². The van der Waals surface area contributed by atoms with E-state index < -0.39 is 0 Å². The van der Waals surface area contributed by atoms with E-state index in [-0.39, 0.29) is 30.3 Å². The molecule has 1 heterocycles. The van der Waals surface area contributed by atoms with Crippen LogP contribution in [0.15, 0.2) is 48.5 Å². The number of halogens is 3. The third-order valence-electron chi connectivity index (χ3n) is 5.08. The summed E-state index contributed by atoms with van der Waals surface area (Å²) in [6, 6.07) is 15.6. The van der Waals surface area contributed by atoms with Gasteiger partial charge in [-0.25, -0.2) is 0 Å². The van der Waals surface area contributed by atoms with E-state index in [1.807, 2.05) is 60.5 Å². The van der Waals surface area contributed by atoms with Crippen molar-refractivity contribution in [3.63, 3.8) is 0 Å². The number of piperidine rings is 1. The minimum absolute atomic E-state index is 0. The fourth-order valence-electron chi connectivity index (χ4n) is 3.70. The molecule has 3 rings (SSSR count). The molecule has 1 N–H and O–H groups in total. The number of hydrogen-bond donors (Lipinski definition) is 1. The fourth-order valence-corrected chi connectivity index (χ4v) is 3.95. The Bertz CT molecular complexity index is 704. The van der Waals surface area contributed by atoms with E-state index in [1.54, 1.807) is 0 Å². The highest BCUT2D eigenvalue weighted by Gasteiger charge is 2.31. The Kier molecular flexibility index (Phi) is 7.99. The lowest BCUT2D eigenvalue weighted by molar-refractivity contribution is -0.136. The number of hydrogen-bond acceptors (Lipinski definition) is 2. The molecule has 2 atom stereocenters. The van der Waals surface area contributed by atoms with Crippen LogP contribution in [0.4, 0.5) is 0 Å². The number of nitrogens with one attached hydrogen (secondary N) is 1. The van der Waals surface area contributed by atoms with E-state index >= 15 is 0 Å². The number of amides is 1. The van der Waals surface area contributed by atoms with Crippen molar-refractivity contribution in [1.82, 2.24) is 10.2 Å². The second-order valence-corrected chi connectivity index (χ2v) is 7.90. The summed E-state index contributed by atoms with van der Waals surface area (Å²) >= 11 is 12.1. The highest BCUT2D eigenvalue weighted by molar-refractivity contribution is 6.30. The molecule has 0 aliphatic carbocycles. The third kappa shape index (κ3) is 5.39. The van der Waals surface area contributed by atoms with E-state index in [4.69, 9.17) is 23.2 Å². The van der Waals surface area contributed by atoms with Gasteiger partial charge in [0.25, 0.3) is 0 Å². The van der Waals surface area contributed by atoms with Crippen molar-refractivity contribution in [2.45, 2.75) is 31.8 Å². The van der Waals surface area contributed by atoms with Crippen molar-refractivity contribution in [2.75, 3.05) is 13.6 Å². The zero-order valence-electron chi connectivity index (χ0n) is 15.5. The summed E-state index contributed by atoms with van der Waals surface area (Å²) in [6.45, 7) is 3.02. The van der Waals surface area contributed by atoms with Gasteiger partial charge in [-0.2, -0.15) is 0 Å². The van der Waals surface area contributed by atoms with Gasteiger partial charge < -0.3 is 10.2 Å². The van der Waals surface area contributed by atoms with Gasteiger partial charge in [0.15, 0.2) is 0 Å². The Morgan fingerprint density at radius 3 is 1.96 bits per heavy atom. The third-order valence-corrected chi connectivity index (χ3v) is 5.58. The highest BCUT2D eigenvalue weighted by Crippen LogP contribution is 2.32. The molecular formula is C21H25Cl3N2O. The normalized spacial score (nSPS) is 19.4. The van der Waals surface area contributed by atoms with Crippen LogP contribution in [-0.4, -0.2) is 30.4 Å². The van der Waals surface area contributed by atoms with Gasteiger partial charge in [0.1, 0.15) is 0 Å². The molecule has 0 unspecified atom stereocenters. The second-order valence-electron chi connectivity index (χ2n) is 7.03. The Morgan fingerprint density at radius 2 is 1.52 bits per heavy atom. The maximum Gasteiger partial charge on any atom is 0.226 e. The van der Waals surface area contributed by atoms with E-state index in [0.29, 0.717) is 16.1 Å². The monoisotopic (exact) mass is 426 g/mol. The topological polar surface area (TPSA) is 32.3 Å². The Morgan fingerprint density at radius 1 is 1.04 bits per heavy atom. The Hall–Kier alpha value is -1.26. The maximum atomic E-state index is 13.2. The predicted molar refractivity (Wildman–Crippen MR) is 115 cm³/mol. The van der Waals surface area contributed by atoms with E-state index in [9.17, 15) is 4.79 Å². The van der Waals surface area contributed by atoms with Gasteiger partial charge in [-0.3, -0.25) is 4.79 Å². The highest BCUT2D eigenvalue weighted by atomic mass is 35.5. The quantitative estimate of drug-likeness (QED) is 0.713. The molecule has 0 saturated carbocycles. The van der Waals surface area contributed by atoms with Crippen molar-refractivity contribution >= 4 is 41.5 Å². The Balaban J connectivity index is 0.00000261. The molecule has 0 aromatic heterocycles. The van der Waals surface area contributed by atoms with Crippen molar-refractivity contribution in [2.24, 2.45) is 5.92 Å². The van der Waals surface area contributed by atoms with Crippen LogP contribution >= 0.6 is 35.6 Å². The molecule has 27 heavy (non-hydrogen) atoms. The van der Waals surface area contributed by atoms with Crippen molar-refractivity contribution < 1.29 is 4.79 Å². The molecule has 3 nitrogen and oxygen atoms in total. The van der Waals surface area contributed by atoms with E-state index in [1.165, 1.54) is 0 Å². The first kappa shape index (κ1) is 22.0. The summed E-state index contributed by atoms with van der Waals surface area (Å²) < 4.78 is 0. The van der Waals surface area contributed by atoms with Crippen LogP contribution in [0, 0.1) is 5.92 Å². The lowest BCUT2D eigenvalue weighted by Gasteiger charge is -2.35. The van der Waals surface area contributed by atoms with Crippen LogP contribution in [-0.2, 0) is 4.79 Å². The summed E-state index contributed by atoms with van der Waals surface area (Å²) in [6.07, 6.45) is 1.75. The van der Waals surface area contributed by atoms with Gasteiger partial charge in [-0.05, 0) is 61.7 Å². The van der Waals surface area contributed by atoms with Gasteiger partial charge in [-0.15, -0.1) is 12.4 Å². The fraction of sp³-hybridized carbons (Fsp3) is 0.381. The number of rotatable bonds is 4. The zero-order valence-corrected chi connectivity index (χ0v) is 17.8. The minimum atomic E-state index is -0.165. The zero-order chi connectivity index (χ0) is 18.7. The number of carbonyl (C=O) groups is 1. The van der Waals surface area contributed by atoms with E-state index in [2.05, 4.69) is 12.2 Å². The first-order valence-electron chi connectivity index (χ1n) is 8.96. The molecular weight excluding hydrogens is 403 g/mol. The van der Waals surface area contributed by atoms with Crippen LogP contribution < -0.4 is 5.32 Å². The molecule has 1 aliphatic heterocycles. The molecule has 0 spiro atoms. The van der Waals surface area contributed by atoms with Crippen LogP contribution in [0.3, 0.4) is 0 Å². The van der Waals surface area contributed by atoms with Gasteiger partial charge in [0, 0.05) is 29.1 Å². The molecule has 146 valence electrons. The minimum Gasteiger partial charge on any atom is -0.334 e. The molecule has 1 saturated heterocycles. The van der Waals surface area contributed by atoms with Crippen LogP contribution in [0.2, 0.25) is 10.0 Å². The molecule has 1 aliphatic rings. The summed E-state index contributed by atoms with van der Waals surface area (Å²) in [4.78, 5) is 15.1. The molecule has 0 bridgehead atoms. The SMILES string of the molecule is C[C@H]1C[C@@H](C(=O)N(C)C(c2ccc(Cl)cc2)c2ccc(Cl)cc2)CCN1.Cl. The van der Waals surface area contributed by atoms with Gasteiger partial charge in [-0.1, -0.05) is 47.5 Å². The number of benzene rings is 2. The molecule has 2 aromatic rings. The average molecular weight is 428 g/mol. The smallest absolute Gasteiger partial charge is 0.226 e. The number of carbonyl (C=O) groups excluding carboxylic acids is 1. The molecule has 2 aromatic carbocycles. The predicted octanol–water partition coefficient (Wildman–Crippen LogP) is 5.35. The summed E-state index contributed by atoms with van der Waals surface area (Å²) in [5.41, 5.74) is 2.07.